The lowest BCUT2D eigenvalue weighted by molar-refractivity contribution is -0.0389. The first-order valence-electron chi connectivity index (χ1n) is 11.3. The van der Waals surface area contributed by atoms with Crippen LogP contribution in [0.4, 0.5) is 0 Å². The number of pyridine rings is 1. The van der Waals surface area contributed by atoms with Gasteiger partial charge < -0.3 is 14.2 Å². The minimum Gasteiger partial charge on any atom is -0.450 e. The van der Waals surface area contributed by atoms with E-state index in [1.807, 2.05) is 76.5 Å². The van der Waals surface area contributed by atoms with Gasteiger partial charge in [0.15, 0.2) is 0 Å². The van der Waals surface area contributed by atoms with Crippen LogP contribution in [0.1, 0.15) is 44.7 Å². The number of amides is 1. The number of rotatable bonds is 3. The zero-order valence-corrected chi connectivity index (χ0v) is 19.2. The fraction of sp³-hybridized carbons (Fsp3) is 0.222. The van der Waals surface area contributed by atoms with Gasteiger partial charge in [0.25, 0.3) is 5.91 Å². The fourth-order valence-corrected chi connectivity index (χ4v) is 5.38. The standard InChI is InChI=1S/C27H22ClN3O3/c28-19-7-8-20-22(17-31(24(20)14-19)16-18-4-3-11-29-15-18)25(32)30-12-9-27(10-13-30)23-6-2-1-5-21(23)26(33)34-27/h1-8,11,14-15,17H,9-10,12-13,16H2. The van der Waals surface area contributed by atoms with Crippen LogP contribution in [-0.2, 0) is 16.9 Å². The molecule has 0 aliphatic carbocycles. The van der Waals surface area contributed by atoms with Crippen molar-refractivity contribution in [3.05, 3.63) is 100 Å². The first-order valence-corrected chi connectivity index (χ1v) is 11.7. The molecular weight excluding hydrogens is 450 g/mol. The Kier molecular flexibility index (Phi) is 4.92. The van der Waals surface area contributed by atoms with E-state index in [2.05, 4.69) is 4.98 Å². The largest absolute Gasteiger partial charge is 0.450 e. The molecule has 1 saturated heterocycles. The van der Waals surface area contributed by atoms with Gasteiger partial charge in [-0.2, -0.15) is 0 Å². The smallest absolute Gasteiger partial charge is 0.339 e. The van der Waals surface area contributed by atoms with Gasteiger partial charge in [0, 0.05) is 67.0 Å². The number of esters is 1. The molecule has 2 aliphatic rings. The van der Waals surface area contributed by atoms with Crippen LogP contribution in [0.5, 0.6) is 0 Å². The van der Waals surface area contributed by atoms with Crippen molar-refractivity contribution < 1.29 is 14.3 Å². The van der Waals surface area contributed by atoms with Crippen molar-refractivity contribution in [2.75, 3.05) is 13.1 Å². The average Bonchev–Trinajstić information content (AvgIpc) is 3.35. The van der Waals surface area contributed by atoms with Gasteiger partial charge in [0.1, 0.15) is 5.60 Å². The third-order valence-electron chi connectivity index (χ3n) is 6.93. The molecule has 2 aromatic heterocycles. The summed E-state index contributed by atoms with van der Waals surface area (Å²) in [5.74, 6) is -0.296. The number of halogens is 1. The molecule has 6 nitrogen and oxygen atoms in total. The normalized spacial score (nSPS) is 16.6. The minimum absolute atomic E-state index is 0.0234. The molecule has 0 atom stereocenters. The Balaban J connectivity index is 1.29. The van der Waals surface area contributed by atoms with E-state index in [1.165, 1.54) is 0 Å². The van der Waals surface area contributed by atoms with Crippen LogP contribution in [0.25, 0.3) is 10.9 Å². The highest BCUT2D eigenvalue weighted by molar-refractivity contribution is 6.31. The van der Waals surface area contributed by atoms with E-state index in [1.54, 1.807) is 6.20 Å². The highest BCUT2D eigenvalue weighted by atomic mass is 35.5. The summed E-state index contributed by atoms with van der Waals surface area (Å²) < 4.78 is 7.89. The Morgan fingerprint density at radius 1 is 1.09 bits per heavy atom. The number of benzene rings is 2. The maximum Gasteiger partial charge on any atom is 0.339 e. The molecule has 0 bridgehead atoms. The second-order valence-corrected chi connectivity index (χ2v) is 9.35. The van der Waals surface area contributed by atoms with E-state index in [9.17, 15) is 9.59 Å². The number of fused-ring (bicyclic) bond motifs is 3. The number of hydrogen-bond donors (Lipinski definition) is 0. The van der Waals surface area contributed by atoms with Gasteiger partial charge in [-0.3, -0.25) is 9.78 Å². The van der Waals surface area contributed by atoms with Crippen molar-refractivity contribution in [1.29, 1.82) is 0 Å². The van der Waals surface area contributed by atoms with E-state index >= 15 is 0 Å². The van der Waals surface area contributed by atoms with Crippen molar-refractivity contribution in [2.24, 2.45) is 0 Å². The molecule has 170 valence electrons. The van der Waals surface area contributed by atoms with Crippen molar-refractivity contribution in [1.82, 2.24) is 14.5 Å². The molecule has 1 amide bonds. The SMILES string of the molecule is O=C1OC2(CCN(C(=O)c3cn(Cc4cccnc4)c4cc(Cl)ccc34)CC2)c2ccccc21. The van der Waals surface area contributed by atoms with Gasteiger partial charge in [-0.25, -0.2) is 4.79 Å². The molecule has 0 unspecified atom stereocenters. The number of piperidine rings is 1. The molecule has 0 N–H and O–H groups in total. The number of likely N-dealkylation sites (tertiary alicyclic amines) is 1. The van der Waals surface area contributed by atoms with E-state index in [0.717, 1.165) is 22.0 Å². The van der Waals surface area contributed by atoms with E-state index in [-0.39, 0.29) is 11.9 Å². The zero-order valence-electron chi connectivity index (χ0n) is 18.4. The molecule has 4 aromatic rings. The third kappa shape index (κ3) is 3.37. The van der Waals surface area contributed by atoms with Crippen LogP contribution in [0.2, 0.25) is 5.02 Å². The summed E-state index contributed by atoms with van der Waals surface area (Å²) in [6.07, 6.45) is 6.64. The lowest BCUT2D eigenvalue weighted by Gasteiger charge is -2.38. The first-order chi connectivity index (χ1) is 16.5. The second-order valence-electron chi connectivity index (χ2n) is 8.92. The lowest BCUT2D eigenvalue weighted by atomic mass is 9.83. The summed E-state index contributed by atoms with van der Waals surface area (Å²) in [4.78, 5) is 32.1. The maximum atomic E-state index is 13.6. The van der Waals surface area contributed by atoms with E-state index in [0.29, 0.717) is 48.6 Å². The number of hydrogen-bond acceptors (Lipinski definition) is 4. The van der Waals surface area contributed by atoms with Gasteiger partial charge in [0.05, 0.1) is 16.6 Å². The Labute approximate surface area is 201 Å². The van der Waals surface area contributed by atoms with Gasteiger partial charge in [-0.15, -0.1) is 0 Å². The zero-order chi connectivity index (χ0) is 23.3. The average molecular weight is 472 g/mol. The maximum absolute atomic E-state index is 13.6. The molecule has 6 rings (SSSR count). The van der Waals surface area contributed by atoms with Gasteiger partial charge in [0.2, 0.25) is 0 Å². The van der Waals surface area contributed by atoms with E-state index < -0.39 is 5.60 Å². The first kappa shape index (κ1) is 20.9. The van der Waals surface area contributed by atoms with Gasteiger partial charge >= 0.3 is 5.97 Å². The van der Waals surface area contributed by atoms with Crippen molar-refractivity contribution in [3.63, 3.8) is 0 Å². The molecule has 1 fully saturated rings. The molecule has 0 radical (unpaired) electrons. The molecule has 7 heteroatoms. The predicted octanol–water partition coefficient (Wildman–Crippen LogP) is 5.04. The second kappa shape index (κ2) is 7.99. The summed E-state index contributed by atoms with van der Waals surface area (Å²) in [5.41, 5.74) is 3.54. The molecule has 4 heterocycles. The summed E-state index contributed by atoms with van der Waals surface area (Å²) in [6, 6.07) is 17.1. The van der Waals surface area contributed by atoms with Crippen molar-refractivity contribution in [2.45, 2.75) is 25.0 Å². The number of ether oxygens (including phenoxy) is 1. The summed E-state index contributed by atoms with van der Waals surface area (Å²) in [6.45, 7) is 1.63. The molecule has 34 heavy (non-hydrogen) atoms. The third-order valence-corrected chi connectivity index (χ3v) is 7.17. The minimum atomic E-state index is -0.633. The Morgan fingerprint density at radius 3 is 2.71 bits per heavy atom. The number of aromatic nitrogens is 2. The van der Waals surface area contributed by atoms with Crippen LogP contribution in [0.15, 0.2) is 73.2 Å². The van der Waals surface area contributed by atoms with Crippen molar-refractivity contribution in [3.8, 4) is 0 Å². The lowest BCUT2D eigenvalue weighted by Crippen LogP contribution is -2.45. The molecule has 0 saturated carbocycles. The van der Waals surface area contributed by atoms with Crippen molar-refractivity contribution >= 4 is 34.4 Å². The summed E-state index contributed by atoms with van der Waals surface area (Å²) in [5, 5.41) is 1.50. The van der Waals surface area contributed by atoms with Crippen LogP contribution in [0, 0.1) is 0 Å². The monoisotopic (exact) mass is 471 g/mol. The number of nitrogens with zero attached hydrogens (tertiary/aromatic N) is 3. The number of carbonyl (C=O) groups excluding carboxylic acids is 2. The molecular formula is C27H22ClN3O3. The number of carbonyl (C=O) groups is 2. The fourth-order valence-electron chi connectivity index (χ4n) is 5.21. The van der Waals surface area contributed by atoms with Gasteiger partial charge in [-0.05, 0) is 29.8 Å². The highest BCUT2D eigenvalue weighted by Crippen LogP contribution is 2.44. The topological polar surface area (TPSA) is 64.4 Å². The highest BCUT2D eigenvalue weighted by Gasteiger charge is 2.47. The summed E-state index contributed by atoms with van der Waals surface area (Å²) >= 11 is 6.29. The van der Waals surface area contributed by atoms with Crippen LogP contribution in [-0.4, -0.2) is 39.4 Å². The Hall–Kier alpha value is -3.64. The molecule has 1 spiro atoms. The summed E-state index contributed by atoms with van der Waals surface area (Å²) in [7, 11) is 0. The molecule has 2 aromatic carbocycles. The Bertz CT molecular complexity index is 1420. The van der Waals surface area contributed by atoms with Crippen LogP contribution >= 0.6 is 11.6 Å². The molecule has 2 aliphatic heterocycles. The predicted molar refractivity (Wildman–Crippen MR) is 129 cm³/mol. The van der Waals surface area contributed by atoms with E-state index in [4.69, 9.17) is 16.3 Å². The van der Waals surface area contributed by atoms with Gasteiger partial charge in [-0.1, -0.05) is 41.9 Å². The Morgan fingerprint density at radius 2 is 1.91 bits per heavy atom. The van der Waals surface area contributed by atoms with Crippen LogP contribution < -0.4 is 0 Å². The quantitative estimate of drug-likeness (QED) is 0.393. The van der Waals surface area contributed by atoms with Crippen LogP contribution in [0.3, 0.4) is 0 Å².